The SMILES string of the molecule is CC(=O)N1CCC(Cc2nccnc2-c2cccc(C(=O)O)c2)C1. The number of carboxylic acids is 1. The number of aromatic carboxylic acids is 1. The number of rotatable bonds is 4. The molecular weight excluding hydrogens is 306 g/mol. The number of carboxylic acid groups (broad SMARTS) is 1. The van der Waals surface area contributed by atoms with E-state index in [1.165, 1.54) is 0 Å². The van der Waals surface area contributed by atoms with E-state index in [-0.39, 0.29) is 11.5 Å². The second-order valence-electron chi connectivity index (χ2n) is 6.06. The molecule has 3 rings (SSSR count). The second-order valence-corrected chi connectivity index (χ2v) is 6.06. The minimum Gasteiger partial charge on any atom is -0.478 e. The number of amides is 1. The average molecular weight is 325 g/mol. The number of carbonyl (C=O) groups excluding carboxylic acids is 1. The molecule has 0 bridgehead atoms. The van der Waals surface area contributed by atoms with E-state index in [1.54, 1.807) is 37.5 Å². The fourth-order valence-corrected chi connectivity index (χ4v) is 3.12. The molecule has 1 aromatic carbocycles. The van der Waals surface area contributed by atoms with Gasteiger partial charge < -0.3 is 10.0 Å². The summed E-state index contributed by atoms with van der Waals surface area (Å²) in [4.78, 5) is 33.4. The summed E-state index contributed by atoms with van der Waals surface area (Å²) in [7, 11) is 0. The highest BCUT2D eigenvalue weighted by Gasteiger charge is 2.25. The average Bonchev–Trinajstić information content (AvgIpc) is 3.04. The third-order valence-corrected chi connectivity index (χ3v) is 4.37. The van der Waals surface area contributed by atoms with Crippen LogP contribution < -0.4 is 0 Å². The number of carbonyl (C=O) groups is 2. The third kappa shape index (κ3) is 3.42. The minimum absolute atomic E-state index is 0.103. The topological polar surface area (TPSA) is 83.4 Å². The molecule has 1 aliphatic rings. The molecule has 0 spiro atoms. The highest BCUT2D eigenvalue weighted by atomic mass is 16.4. The Labute approximate surface area is 140 Å². The van der Waals surface area contributed by atoms with Gasteiger partial charge in [-0.2, -0.15) is 0 Å². The first-order valence-corrected chi connectivity index (χ1v) is 7.93. The van der Waals surface area contributed by atoms with Crippen LogP contribution in [0.1, 0.15) is 29.4 Å². The number of likely N-dealkylation sites (tertiary alicyclic amines) is 1. The van der Waals surface area contributed by atoms with Gasteiger partial charge in [0.1, 0.15) is 0 Å². The minimum atomic E-state index is -0.963. The Hall–Kier alpha value is -2.76. The van der Waals surface area contributed by atoms with Crippen LogP contribution in [0.15, 0.2) is 36.7 Å². The molecule has 1 fully saturated rings. The van der Waals surface area contributed by atoms with Gasteiger partial charge in [-0.15, -0.1) is 0 Å². The lowest BCUT2D eigenvalue weighted by atomic mass is 9.98. The highest BCUT2D eigenvalue weighted by molar-refractivity contribution is 5.89. The van der Waals surface area contributed by atoms with Crippen molar-refractivity contribution in [2.45, 2.75) is 19.8 Å². The third-order valence-electron chi connectivity index (χ3n) is 4.37. The van der Waals surface area contributed by atoms with E-state index in [0.717, 1.165) is 37.2 Å². The van der Waals surface area contributed by atoms with Crippen LogP contribution in [-0.2, 0) is 11.2 Å². The molecule has 124 valence electrons. The molecule has 0 radical (unpaired) electrons. The van der Waals surface area contributed by atoms with Crippen molar-refractivity contribution in [1.82, 2.24) is 14.9 Å². The standard InChI is InChI=1S/C18H19N3O3/c1-12(22)21-8-5-13(11-21)9-16-17(20-7-6-19-16)14-3-2-4-15(10-14)18(23)24/h2-4,6-7,10,13H,5,8-9,11H2,1H3,(H,23,24). The molecule has 2 heterocycles. The van der Waals surface area contributed by atoms with E-state index in [0.29, 0.717) is 11.6 Å². The quantitative estimate of drug-likeness (QED) is 0.932. The Balaban J connectivity index is 1.85. The normalized spacial score (nSPS) is 17.0. The lowest BCUT2D eigenvalue weighted by Crippen LogP contribution is -2.26. The maximum Gasteiger partial charge on any atom is 0.335 e. The van der Waals surface area contributed by atoms with Crippen LogP contribution in [-0.4, -0.2) is 44.9 Å². The summed E-state index contributed by atoms with van der Waals surface area (Å²) in [6.07, 6.45) is 4.94. The van der Waals surface area contributed by atoms with Gasteiger partial charge in [-0.3, -0.25) is 14.8 Å². The predicted molar refractivity (Wildman–Crippen MR) is 88.5 cm³/mol. The zero-order chi connectivity index (χ0) is 17.1. The number of benzene rings is 1. The van der Waals surface area contributed by atoms with E-state index < -0.39 is 5.97 Å². The molecule has 1 N–H and O–H groups in total. The van der Waals surface area contributed by atoms with Crippen LogP contribution in [0, 0.1) is 5.92 Å². The van der Waals surface area contributed by atoms with Crippen LogP contribution in [0.4, 0.5) is 0 Å². The summed E-state index contributed by atoms with van der Waals surface area (Å²) < 4.78 is 0. The van der Waals surface area contributed by atoms with Gasteiger partial charge in [0.15, 0.2) is 0 Å². The molecule has 0 aliphatic carbocycles. The van der Waals surface area contributed by atoms with Gasteiger partial charge >= 0.3 is 5.97 Å². The molecule has 6 nitrogen and oxygen atoms in total. The summed E-state index contributed by atoms with van der Waals surface area (Å²) in [5.74, 6) is -0.506. The maximum absolute atomic E-state index is 11.5. The van der Waals surface area contributed by atoms with Gasteiger partial charge in [0.25, 0.3) is 0 Å². The second kappa shape index (κ2) is 6.78. The Kier molecular flexibility index (Phi) is 4.55. The van der Waals surface area contributed by atoms with Crippen LogP contribution in [0.3, 0.4) is 0 Å². The largest absolute Gasteiger partial charge is 0.478 e. The van der Waals surface area contributed by atoms with E-state index in [1.807, 2.05) is 11.0 Å². The number of hydrogen-bond acceptors (Lipinski definition) is 4. The monoisotopic (exact) mass is 325 g/mol. The Morgan fingerprint density at radius 2 is 2.08 bits per heavy atom. The van der Waals surface area contributed by atoms with E-state index in [2.05, 4.69) is 9.97 Å². The number of nitrogens with zero attached hydrogens (tertiary/aromatic N) is 3. The Bertz CT molecular complexity index is 776. The van der Waals surface area contributed by atoms with Gasteiger partial charge in [-0.1, -0.05) is 12.1 Å². The fraction of sp³-hybridized carbons (Fsp3) is 0.333. The molecule has 1 amide bonds. The van der Waals surface area contributed by atoms with Crippen LogP contribution in [0.5, 0.6) is 0 Å². The van der Waals surface area contributed by atoms with Crippen molar-refractivity contribution >= 4 is 11.9 Å². The first-order valence-electron chi connectivity index (χ1n) is 7.93. The van der Waals surface area contributed by atoms with E-state index in [9.17, 15) is 9.59 Å². The lowest BCUT2D eigenvalue weighted by Gasteiger charge is -2.15. The summed E-state index contributed by atoms with van der Waals surface area (Å²) in [6, 6.07) is 6.73. The van der Waals surface area contributed by atoms with Gasteiger partial charge in [0.2, 0.25) is 5.91 Å². The van der Waals surface area contributed by atoms with Crippen molar-refractivity contribution in [1.29, 1.82) is 0 Å². The fourth-order valence-electron chi connectivity index (χ4n) is 3.12. The van der Waals surface area contributed by atoms with Crippen LogP contribution >= 0.6 is 0 Å². The van der Waals surface area contributed by atoms with Crippen molar-refractivity contribution in [3.05, 3.63) is 47.9 Å². The van der Waals surface area contributed by atoms with Gasteiger partial charge in [0.05, 0.1) is 17.0 Å². The Morgan fingerprint density at radius 1 is 1.29 bits per heavy atom. The van der Waals surface area contributed by atoms with Crippen molar-refractivity contribution < 1.29 is 14.7 Å². The summed E-state index contributed by atoms with van der Waals surface area (Å²) >= 11 is 0. The number of hydrogen-bond donors (Lipinski definition) is 1. The van der Waals surface area contributed by atoms with E-state index >= 15 is 0 Å². The van der Waals surface area contributed by atoms with Crippen LogP contribution in [0.2, 0.25) is 0 Å². The highest BCUT2D eigenvalue weighted by Crippen LogP contribution is 2.26. The molecule has 0 saturated carbocycles. The smallest absolute Gasteiger partial charge is 0.335 e. The van der Waals surface area contributed by atoms with Gasteiger partial charge in [-0.25, -0.2) is 4.79 Å². The number of aromatic nitrogens is 2. The van der Waals surface area contributed by atoms with Crippen molar-refractivity contribution in [3.63, 3.8) is 0 Å². The predicted octanol–water partition coefficient (Wildman–Crippen LogP) is 2.25. The molecule has 1 aromatic heterocycles. The first-order chi connectivity index (χ1) is 11.5. The molecule has 1 atom stereocenters. The summed E-state index contributed by atoms with van der Waals surface area (Å²) in [6.45, 7) is 3.11. The molecule has 6 heteroatoms. The van der Waals surface area contributed by atoms with Crippen LogP contribution in [0.25, 0.3) is 11.3 Å². The maximum atomic E-state index is 11.5. The zero-order valence-corrected chi connectivity index (χ0v) is 13.5. The summed E-state index contributed by atoms with van der Waals surface area (Å²) in [5, 5.41) is 9.16. The van der Waals surface area contributed by atoms with Gasteiger partial charge in [0, 0.05) is 38.0 Å². The zero-order valence-electron chi connectivity index (χ0n) is 13.5. The van der Waals surface area contributed by atoms with Crippen molar-refractivity contribution in [3.8, 4) is 11.3 Å². The summed E-state index contributed by atoms with van der Waals surface area (Å²) in [5.41, 5.74) is 2.53. The lowest BCUT2D eigenvalue weighted by molar-refractivity contribution is -0.127. The molecule has 1 unspecified atom stereocenters. The van der Waals surface area contributed by atoms with Gasteiger partial charge in [-0.05, 0) is 30.9 Å². The van der Waals surface area contributed by atoms with Crippen molar-refractivity contribution in [2.24, 2.45) is 5.92 Å². The molecule has 24 heavy (non-hydrogen) atoms. The first kappa shape index (κ1) is 16.1. The molecule has 1 aliphatic heterocycles. The molecule has 2 aromatic rings. The van der Waals surface area contributed by atoms with Crippen molar-refractivity contribution in [2.75, 3.05) is 13.1 Å². The Morgan fingerprint density at radius 3 is 2.79 bits per heavy atom. The molecule has 1 saturated heterocycles. The van der Waals surface area contributed by atoms with E-state index in [4.69, 9.17) is 5.11 Å². The molecular formula is C18H19N3O3.